The van der Waals surface area contributed by atoms with E-state index in [0.717, 1.165) is 0 Å². The second kappa shape index (κ2) is 2.18. The molecule has 0 spiro atoms. The molecule has 0 saturated heterocycles. The number of rotatable bonds is 1. The molecule has 5 heavy (non-hydrogen) atoms. The van der Waals surface area contributed by atoms with Gasteiger partial charge in [0, 0.05) is 0 Å². The van der Waals surface area contributed by atoms with E-state index in [1.165, 1.54) is 6.92 Å². The summed E-state index contributed by atoms with van der Waals surface area (Å²) in [5.74, 6) is 0. The summed E-state index contributed by atoms with van der Waals surface area (Å²) in [6.07, 6.45) is -0.338. The number of hydrogen-bond acceptors (Lipinski definition) is 0. The Morgan fingerprint density at radius 2 is 2.20 bits per heavy atom. The van der Waals surface area contributed by atoms with Crippen LogP contribution in [0.1, 0.15) is 13.3 Å². The minimum Gasteiger partial charge on any atom is -0.248 e. The van der Waals surface area contributed by atoms with E-state index < -0.39 is 6.17 Å². The Balaban J connectivity index is 2.54. The van der Waals surface area contributed by atoms with Gasteiger partial charge < -0.3 is 0 Å². The van der Waals surface area contributed by atoms with E-state index in [-0.39, 0.29) is 0 Å². The zero-order chi connectivity index (χ0) is 4.28. The van der Waals surface area contributed by atoms with Crippen LogP contribution in [-0.4, -0.2) is 6.17 Å². The molecule has 0 aromatic carbocycles. The van der Waals surface area contributed by atoms with Gasteiger partial charge >= 0.3 is 0 Å². The predicted molar refractivity (Wildman–Crippen MR) is 20.5 cm³/mol. The maximum Gasteiger partial charge on any atom is 0.0973 e. The van der Waals surface area contributed by atoms with Crippen LogP contribution in [0.5, 0.6) is 0 Å². The van der Waals surface area contributed by atoms with E-state index in [4.69, 9.17) is 0 Å². The molecule has 31 valence electrons. The normalized spacial score (nSPS) is 15.0. The van der Waals surface area contributed by atoms with Crippen LogP contribution >= 0.6 is 0 Å². The van der Waals surface area contributed by atoms with E-state index in [1.54, 1.807) is 0 Å². The Morgan fingerprint density at radius 3 is 2.20 bits per heavy atom. The molecular weight excluding hydrogens is 67.0 g/mol. The van der Waals surface area contributed by atoms with Crippen molar-refractivity contribution in [2.75, 3.05) is 0 Å². The highest BCUT2D eigenvalue weighted by Gasteiger charge is 1.85. The Bertz CT molecular complexity index is 17.6. The van der Waals surface area contributed by atoms with Crippen LogP contribution in [0.2, 0.25) is 0 Å². The molecule has 0 aromatic rings. The first-order valence-corrected chi connectivity index (χ1v) is 1.70. The van der Waals surface area contributed by atoms with Crippen LogP contribution in [0, 0.1) is 6.92 Å². The van der Waals surface area contributed by atoms with Crippen molar-refractivity contribution < 1.29 is 4.39 Å². The second-order valence-electron chi connectivity index (χ2n) is 1.07. The smallest absolute Gasteiger partial charge is 0.0973 e. The van der Waals surface area contributed by atoms with Gasteiger partial charge in [-0.25, -0.2) is 4.39 Å². The molecule has 0 aliphatic carbocycles. The predicted octanol–water partition coefficient (Wildman–Crippen LogP) is 1.57. The number of hydrogen-bond donors (Lipinski definition) is 0. The first kappa shape index (κ1) is 4.93. The van der Waals surface area contributed by atoms with Gasteiger partial charge in [-0.05, 0) is 13.3 Å². The quantitative estimate of drug-likeness (QED) is 0.443. The standard InChI is InChI=1S/C4H8F/c1-3-4(2)5/h4H,1,3H2,2H3. The van der Waals surface area contributed by atoms with Crippen LogP contribution in [0.4, 0.5) is 4.39 Å². The molecule has 0 saturated carbocycles. The summed E-state index contributed by atoms with van der Waals surface area (Å²) < 4.78 is 11.4. The van der Waals surface area contributed by atoms with Crippen LogP contribution in [0.15, 0.2) is 0 Å². The van der Waals surface area contributed by atoms with Crippen LogP contribution in [0.25, 0.3) is 0 Å². The molecule has 0 heterocycles. The third-order valence-corrected chi connectivity index (χ3v) is 0.398. The monoisotopic (exact) mass is 75.1 g/mol. The molecule has 1 atom stereocenters. The van der Waals surface area contributed by atoms with Crippen molar-refractivity contribution in [3.8, 4) is 0 Å². The van der Waals surface area contributed by atoms with Gasteiger partial charge in [0.15, 0.2) is 0 Å². The van der Waals surface area contributed by atoms with Gasteiger partial charge in [-0.1, -0.05) is 6.92 Å². The lowest BCUT2D eigenvalue weighted by Crippen LogP contribution is -1.84. The highest BCUT2D eigenvalue weighted by atomic mass is 19.1. The second-order valence-corrected chi connectivity index (χ2v) is 1.07. The lowest BCUT2D eigenvalue weighted by atomic mass is 10.4. The maximum atomic E-state index is 11.4. The summed E-state index contributed by atoms with van der Waals surface area (Å²) in [4.78, 5) is 0. The zero-order valence-corrected chi connectivity index (χ0v) is 3.37. The van der Waals surface area contributed by atoms with Gasteiger partial charge in [0.1, 0.15) is 0 Å². The minimum atomic E-state index is -0.727. The maximum absolute atomic E-state index is 11.4. The molecule has 0 aliphatic heterocycles. The van der Waals surface area contributed by atoms with Gasteiger partial charge in [0.05, 0.1) is 6.17 Å². The van der Waals surface area contributed by atoms with Crippen molar-refractivity contribution in [3.05, 3.63) is 6.92 Å². The third-order valence-electron chi connectivity index (χ3n) is 0.398. The summed E-state index contributed by atoms with van der Waals surface area (Å²) >= 11 is 0. The Kier molecular flexibility index (Phi) is 2.15. The zero-order valence-electron chi connectivity index (χ0n) is 3.37. The molecule has 1 heteroatoms. The molecule has 0 N–H and O–H groups in total. The Morgan fingerprint density at radius 1 is 2.00 bits per heavy atom. The van der Waals surface area contributed by atoms with E-state index in [2.05, 4.69) is 6.92 Å². The van der Waals surface area contributed by atoms with Crippen molar-refractivity contribution in [2.24, 2.45) is 0 Å². The first-order chi connectivity index (χ1) is 2.27. The van der Waals surface area contributed by atoms with Crippen molar-refractivity contribution in [1.82, 2.24) is 0 Å². The minimum absolute atomic E-state index is 0.389. The van der Waals surface area contributed by atoms with Crippen molar-refractivity contribution in [3.63, 3.8) is 0 Å². The molecule has 0 bridgehead atoms. The molecule has 0 fully saturated rings. The SMILES string of the molecule is [CH2]CC(C)F. The molecule has 0 nitrogen and oxygen atoms in total. The molecule has 1 unspecified atom stereocenters. The molecule has 1 radical (unpaired) electrons. The first-order valence-electron chi connectivity index (χ1n) is 1.70. The summed E-state index contributed by atoms with van der Waals surface area (Å²) in [5, 5.41) is 0. The van der Waals surface area contributed by atoms with Crippen molar-refractivity contribution in [2.45, 2.75) is 19.5 Å². The Hall–Kier alpha value is -0.0700. The third kappa shape index (κ3) is 3.93. The molecule has 0 aromatic heterocycles. The topological polar surface area (TPSA) is 0 Å². The van der Waals surface area contributed by atoms with E-state index in [9.17, 15) is 4.39 Å². The fourth-order valence-electron chi connectivity index (χ4n) is 0. The number of alkyl halides is 1. The van der Waals surface area contributed by atoms with Gasteiger partial charge in [-0.3, -0.25) is 0 Å². The molecule has 0 aliphatic rings. The highest BCUT2D eigenvalue weighted by Crippen LogP contribution is 1.89. The fourth-order valence-corrected chi connectivity index (χ4v) is 0. The van der Waals surface area contributed by atoms with Crippen molar-refractivity contribution in [1.29, 1.82) is 0 Å². The average molecular weight is 75.1 g/mol. The lowest BCUT2D eigenvalue weighted by molar-refractivity contribution is 0.364. The van der Waals surface area contributed by atoms with Gasteiger partial charge in [0.2, 0.25) is 0 Å². The van der Waals surface area contributed by atoms with Gasteiger partial charge in [-0.2, -0.15) is 0 Å². The Labute approximate surface area is 32.0 Å². The summed E-state index contributed by atoms with van der Waals surface area (Å²) in [7, 11) is 0. The van der Waals surface area contributed by atoms with Crippen LogP contribution in [-0.2, 0) is 0 Å². The fraction of sp³-hybridized carbons (Fsp3) is 0.750. The average Bonchev–Trinajstić information content (AvgIpc) is 1.38. The molecule has 0 amide bonds. The van der Waals surface area contributed by atoms with E-state index in [1.807, 2.05) is 0 Å². The number of halogens is 1. The summed E-state index contributed by atoms with van der Waals surface area (Å²) in [6.45, 7) is 4.80. The van der Waals surface area contributed by atoms with Crippen LogP contribution < -0.4 is 0 Å². The summed E-state index contributed by atoms with van der Waals surface area (Å²) in [5.41, 5.74) is 0. The van der Waals surface area contributed by atoms with Crippen LogP contribution in [0.3, 0.4) is 0 Å². The summed E-state index contributed by atoms with van der Waals surface area (Å²) in [6, 6.07) is 0. The van der Waals surface area contributed by atoms with E-state index in [0.29, 0.717) is 6.42 Å². The lowest BCUT2D eigenvalue weighted by Gasteiger charge is -1.85. The highest BCUT2D eigenvalue weighted by molar-refractivity contribution is 4.45. The largest absolute Gasteiger partial charge is 0.248 e. The molecular formula is C4H8F. The van der Waals surface area contributed by atoms with Gasteiger partial charge in [0.25, 0.3) is 0 Å². The van der Waals surface area contributed by atoms with Crippen molar-refractivity contribution >= 4 is 0 Å². The van der Waals surface area contributed by atoms with E-state index >= 15 is 0 Å². The van der Waals surface area contributed by atoms with Gasteiger partial charge in [-0.15, -0.1) is 0 Å². The molecule has 0 rings (SSSR count).